The zero-order chi connectivity index (χ0) is 32.0. The van der Waals surface area contributed by atoms with Crippen LogP contribution in [0.2, 0.25) is 0 Å². The van der Waals surface area contributed by atoms with E-state index in [2.05, 4.69) is 5.32 Å². The van der Waals surface area contributed by atoms with Crippen LogP contribution in [-0.4, -0.2) is 93.0 Å². The van der Waals surface area contributed by atoms with Crippen molar-refractivity contribution < 1.29 is 23.9 Å². The molecule has 0 saturated carbocycles. The van der Waals surface area contributed by atoms with Crippen molar-refractivity contribution in [2.24, 2.45) is 17.4 Å². The maximum Gasteiger partial charge on any atom is 0.251 e. The molecule has 0 bridgehead atoms. The number of carbonyl (C=O) groups is 2. The Labute approximate surface area is 258 Å². The fourth-order valence-corrected chi connectivity index (χ4v) is 5.68. The van der Waals surface area contributed by atoms with Gasteiger partial charge in [-0.25, -0.2) is 4.39 Å². The summed E-state index contributed by atoms with van der Waals surface area (Å²) in [5, 5.41) is 14.3. The van der Waals surface area contributed by atoms with Gasteiger partial charge >= 0.3 is 0 Å². The zero-order valence-electron chi connectivity index (χ0n) is 25.7. The molecule has 6 N–H and O–H groups in total. The number of hydroxylamine groups is 2. The highest BCUT2D eigenvalue weighted by molar-refractivity contribution is 5.97. The second-order valence-electron chi connectivity index (χ2n) is 11.7. The molecule has 3 aromatic carbocycles. The van der Waals surface area contributed by atoms with Crippen LogP contribution in [0, 0.1) is 11.7 Å². The molecule has 0 spiro atoms. The number of amides is 2. The number of aliphatic hydroxyl groups is 1. The molecule has 2 amide bonds. The van der Waals surface area contributed by atoms with Gasteiger partial charge in [0.2, 0.25) is 5.91 Å². The summed E-state index contributed by atoms with van der Waals surface area (Å²) >= 11 is 0. The van der Waals surface area contributed by atoms with Crippen LogP contribution in [0.4, 0.5) is 10.1 Å². The molecule has 4 rings (SSSR count). The summed E-state index contributed by atoms with van der Waals surface area (Å²) in [6, 6.07) is 19.1. The Hall–Kier alpha value is -3.87. The number of nitrogens with one attached hydrogen (secondary N) is 1. The molecule has 0 radical (unpaired) electrons. The fourth-order valence-electron chi connectivity index (χ4n) is 5.68. The van der Waals surface area contributed by atoms with Crippen LogP contribution in [0.5, 0.6) is 0 Å². The van der Waals surface area contributed by atoms with Crippen LogP contribution in [0.1, 0.15) is 21.5 Å². The van der Waals surface area contributed by atoms with Gasteiger partial charge in [0.1, 0.15) is 11.9 Å². The van der Waals surface area contributed by atoms with E-state index in [1.54, 1.807) is 30.3 Å². The van der Waals surface area contributed by atoms with Crippen LogP contribution >= 0.6 is 0 Å². The second-order valence-corrected chi connectivity index (χ2v) is 11.7. The number of likely N-dealkylation sites (N-methyl/N-ethyl adjacent to an activating group) is 1. The number of nitrogens with zero attached hydrogens (tertiary/aromatic N) is 3. The lowest BCUT2D eigenvalue weighted by molar-refractivity contribution is -0.172. The Bertz CT molecular complexity index is 1440. The lowest BCUT2D eigenvalue weighted by atomic mass is 9.94. The number of hydrogen-bond acceptors (Lipinski definition) is 8. The Kier molecular flexibility index (Phi) is 11.1. The van der Waals surface area contributed by atoms with Crippen molar-refractivity contribution in [3.8, 4) is 11.1 Å². The average Bonchev–Trinajstić information content (AvgIpc) is 3.35. The maximum atomic E-state index is 16.2. The zero-order valence-corrected chi connectivity index (χ0v) is 25.7. The molecule has 1 aliphatic heterocycles. The van der Waals surface area contributed by atoms with Crippen molar-refractivity contribution in [1.29, 1.82) is 0 Å². The van der Waals surface area contributed by atoms with Crippen molar-refractivity contribution in [2.75, 3.05) is 52.8 Å². The molecule has 10 nitrogen and oxygen atoms in total. The minimum atomic E-state index is -0.963. The lowest BCUT2D eigenvalue weighted by Crippen LogP contribution is -2.45. The third-order valence-electron chi connectivity index (χ3n) is 7.86. The number of benzene rings is 3. The largest absolute Gasteiger partial charge is 0.396 e. The van der Waals surface area contributed by atoms with Gasteiger partial charge in [-0.15, -0.1) is 0 Å². The molecule has 11 heteroatoms. The highest BCUT2D eigenvalue weighted by Gasteiger charge is 2.45. The topological polar surface area (TPSA) is 137 Å². The van der Waals surface area contributed by atoms with Crippen LogP contribution in [0.25, 0.3) is 11.1 Å². The number of hydrogen-bond donors (Lipinski definition) is 4. The minimum absolute atomic E-state index is 0.0664. The minimum Gasteiger partial charge on any atom is -0.396 e. The Balaban J connectivity index is 1.64. The van der Waals surface area contributed by atoms with E-state index in [0.29, 0.717) is 29.7 Å². The van der Waals surface area contributed by atoms with Crippen LogP contribution < -0.4 is 21.7 Å². The van der Waals surface area contributed by atoms with E-state index < -0.39 is 29.8 Å². The third-order valence-corrected chi connectivity index (χ3v) is 7.86. The van der Waals surface area contributed by atoms with Gasteiger partial charge < -0.3 is 31.7 Å². The molecule has 1 heterocycles. The maximum absolute atomic E-state index is 16.2. The molecule has 0 aliphatic carbocycles. The number of halogens is 1. The van der Waals surface area contributed by atoms with Crippen molar-refractivity contribution in [1.82, 2.24) is 15.3 Å². The summed E-state index contributed by atoms with van der Waals surface area (Å²) in [5.41, 5.74) is 14.7. The molecule has 236 valence electrons. The molecule has 44 heavy (non-hydrogen) atoms. The first-order valence-corrected chi connectivity index (χ1v) is 14.7. The Morgan fingerprint density at radius 1 is 1.07 bits per heavy atom. The van der Waals surface area contributed by atoms with Gasteiger partial charge in [0.15, 0.2) is 0 Å². The van der Waals surface area contributed by atoms with Gasteiger partial charge in [-0.3, -0.25) is 14.4 Å². The van der Waals surface area contributed by atoms with Gasteiger partial charge in [0, 0.05) is 61.5 Å². The first-order chi connectivity index (χ1) is 21.0. The summed E-state index contributed by atoms with van der Waals surface area (Å²) in [6.45, 7) is 0.269. The van der Waals surface area contributed by atoms with Crippen molar-refractivity contribution >= 4 is 17.5 Å². The van der Waals surface area contributed by atoms with Crippen LogP contribution in [0.15, 0.2) is 66.7 Å². The Morgan fingerprint density at radius 3 is 2.41 bits per heavy atom. The fraction of sp³-hybridized carbons (Fsp3) is 0.394. The standard InChI is InChI=1S/C33H43FN6O4/c1-38(2)19-25(13-21-9-6-5-7-10-21)37-33(43)24-14-23(15-26(16-24)39(3)4)27-12-8-11-22(30(27)34)18-40-31(32(36)42)28(20-41)29(17-35)44-40/h5-12,14-16,25,28-29,31,41H,13,17-20,35H2,1-4H3,(H2,36,42)(H,37,43). The molecule has 4 unspecified atom stereocenters. The number of rotatable bonds is 13. The van der Waals surface area contributed by atoms with Crippen molar-refractivity contribution in [3.63, 3.8) is 0 Å². The molecular formula is C33H43FN6O4. The summed E-state index contributed by atoms with van der Waals surface area (Å²) in [7, 11) is 7.64. The van der Waals surface area contributed by atoms with Crippen LogP contribution in [-0.2, 0) is 22.6 Å². The third kappa shape index (κ3) is 7.79. The van der Waals surface area contributed by atoms with Gasteiger partial charge in [0.25, 0.3) is 5.91 Å². The average molecular weight is 607 g/mol. The van der Waals surface area contributed by atoms with E-state index >= 15 is 4.39 Å². The second kappa shape index (κ2) is 14.7. The quantitative estimate of drug-likeness (QED) is 0.232. The molecule has 4 atom stereocenters. The summed E-state index contributed by atoms with van der Waals surface area (Å²) in [6.07, 6.45) is 0.0362. The molecule has 3 aromatic rings. The smallest absolute Gasteiger partial charge is 0.251 e. The molecule has 1 fully saturated rings. The van der Waals surface area contributed by atoms with E-state index in [1.807, 2.05) is 74.4 Å². The monoisotopic (exact) mass is 606 g/mol. The summed E-state index contributed by atoms with van der Waals surface area (Å²) in [5.74, 6) is -2.09. The number of anilines is 1. The molecule has 1 aliphatic rings. The van der Waals surface area contributed by atoms with Crippen LogP contribution in [0.3, 0.4) is 0 Å². The number of aliphatic hydroxyl groups excluding tert-OH is 1. The van der Waals surface area contributed by atoms with E-state index in [-0.39, 0.29) is 37.2 Å². The Morgan fingerprint density at radius 2 is 1.80 bits per heavy atom. The number of nitrogens with two attached hydrogens (primary N) is 2. The number of carbonyl (C=O) groups excluding carboxylic acids is 2. The lowest BCUT2D eigenvalue weighted by Gasteiger charge is -2.24. The predicted octanol–water partition coefficient (Wildman–Crippen LogP) is 2.00. The first-order valence-electron chi connectivity index (χ1n) is 14.7. The van der Waals surface area contributed by atoms with Gasteiger partial charge in [-0.1, -0.05) is 48.5 Å². The van der Waals surface area contributed by atoms with E-state index in [0.717, 1.165) is 11.3 Å². The summed E-state index contributed by atoms with van der Waals surface area (Å²) in [4.78, 5) is 35.6. The van der Waals surface area contributed by atoms with Crippen molar-refractivity contribution in [3.05, 3.63) is 89.2 Å². The van der Waals surface area contributed by atoms with Gasteiger partial charge in [0.05, 0.1) is 19.3 Å². The summed E-state index contributed by atoms with van der Waals surface area (Å²) < 4.78 is 16.2. The SMILES string of the molecule is CN(C)CC(Cc1ccccc1)NC(=O)c1cc(-c2cccc(CN3OC(CN)C(CO)C3C(N)=O)c2F)cc(N(C)C)c1. The molecule has 1 saturated heterocycles. The van der Waals surface area contributed by atoms with E-state index in [1.165, 1.54) is 5.06 Å². The molecular weight excluding hydrogens is 563 g/mol. The van der Waals surface area contributed by atoms with Gasteiger partial charge in [-0.2, -0.15) is 5.06 Å². The van der Waals surface area contributed by atoms with Gasteiger partial charge in [-0.05, 0) is 49.8 Å². The van der Waals surface area contributed by atoms with E-state index in [4.69, 9.17) is 16.3 Å². The highest BCUT2D eigenvalue weighted by Crippen LogP contribution is 2.33. The normalized spacial score (nSPS) is 19.2. The highest BCUT2D eigenvalue weighted by atomic mass is 19.1. The predicted molar refractivity (Wildman–Crippen MR) is 169 cm³/mol. The van der Waals surface area contributed by atoms with E-state index in [9.17, 15) is 14.7 Å². The molecule has 0 aromatic heterocycles. The number of primary amides is 1. The van der Waals surface area contributed by atoms with Crippen molar-refractivity contribution in [2.45, 2.75) is 31.2 Å². The first kappa shape index (κ1) is 33.0.